The minimum absolute atomic E-state index is 0.0750. The van der Waals surface area contributed by atoms with E-state index in [1.807, 2.05) is 23.1 Å². The number of piperidine rings is 1. The van der Waals surface area contributed by atoms with Gasteiger partial charge in [0.15, 0.2) is 0 Å². The highest BCUT2D eigenvalue weighted by Crippen LogP contribution is 2.21. The van der Waals surface area contributed by atoms with Gasteiger partial charge in [0, 0.05) is 42.3 Å². The number of ether oxygens (including phenoxy) is 1. The highest BCUT2D eigenvalue weighted by molar-refractivity contribution is 9.10. The van der Waals surface area contributed by atoms with Crippen LogP contribution in [0.2, 0.25) is 5.02 Å². The summed E-state index contributed by atoms with van der Waals surface area (Å²) in [6.45, 7) is 2.48. The van der Waals surface area contributed by atoms with Crippen LogP contribution in [0, 0.1) is 0 Å². The van der Waals surface area contributed by atoms with Crippen LogP contribution in [0.3, 0.4) is 0 Å². The Hall–Kier alpha value is -0.620. The van der Waals surface area contributed by atoms with Gasteiger partial charge in [0.2, 0.25) is 5.91 Å². The number of methoxy groups -OCH3 is 1. The molecule has 1 aromatic rings. The number of halogens is 2. The lowest BCUT2D eigenvalue weighted by Gasteiger charge is -2.32. The topological polar surface area (TPSA) is 41.6 Å². The third-order valence-corrected chi connectivity index (χ3v) is 4.57. The molecule has 1 aliphatic rings. The van der Waals surface area contributed by atoms with Crippen LogP contribution in [-0.2, 0) is 16.1 Å². The summed E-state index contributed by atoms with van der Waals surface area (Å²) >= 11 is 9.64. The Balaban J connectivity index is 1.79. The lowest BCUT2D eigenvalue weighted by molar-refractivity contribution is -0.136. The van der Waals surface area contributed by atoms with Crippen LogP contribution in [0.1, 0.15) is 18.4 Å². The summed E-state index contributed by atoms with van der Waals surface area (Å²) in [6.07, 6.45) is 1.92. The predicted molar refractivity (Wildman–Crippen MR) is 87.5 cm³/mol. The Morgan fingerprint density at radius 2 is 2.19 bits per heavy atom. The first-order valence-electron chi connectivity index (χ1n) is 7.04. The van der Waals surface area contributed by atoms with E-state index >= 15 is 0 Å². The van der Waals surface area contributed by atoms with Gasteiger partial charge in [-0.15, -0.1) is 0 Å². The van der Waals surface area contributed by atoms with E-state index < -0.39 is 0 Å². The molecule has 2 rings (SSSR count). The predicted octanol–water partition coefficient (Wildman–Crippen LogP) is 2.83. The van der Waals surface area contributed by atoms with Gasteiger partial charge in [-0.1, -0.05) is 27.5 Å². The maximum Gasteiger partial charge on any atom is 0.248 e. The number of hydrogen-bond acceptors (Lipinski definition) is 3. The Kier molecular flexibility index (Phi) is 6.48. The molecule has 0 spiro atoms. The van der Waals surface area contributed by atoms with Crippen molar-refractivity contribution in [1.29, 1.82) is 0 Å². The first-order valence-corrected chi connectivity index (χ1v) is 8.21. The summed E-state index contributed by atoms with van der Waals surface area (Å²) in [5.74, 6) is 0.0750. The second-order valence-corrected chi connectivity index (χ2v) is 6.53. The number of hydrogen-bond donors (Lipinski definition) is 1. The molecule has 116 valence electrons. The Morgan fingerprint density at radius 3 is 2.86 bits per heavy atom. The lowest BCUT2D eigenvalue weighted by atomic mass is 10.0. The van der Waals surface area contributed by atoms with Crippen molar-refractivity contribution in [2.45, 2.75) is 25.4 Å². The van der Waals surface area contributed by atoms with Gasteiger partial charge in [-0.2, -0.15) is 0 Å². The SMILES string of the molecule is COCC(=O)N1CCC(NCc2cc(Br)ccc2Cl)CC1. The molecule has 1 aliphatic heterocycles. The Bertz CT molecular complexity index is 491. The average Bonchev–Trinajstić information content (AvgIpc) is 2.49. The smallest absolute Gasteiger partial charge is 0.248 e. The summed E-state index contributed by atoms with van der Waals surface area (Å²) in [7, 11) is 1.55. The zero-order chi connectivity index (χ0) is 15.2. The quantitative estimate of drug-likeness (QED) is 0.860. The number of carbonyl (C=O) groups excluding carboxylic acids is 1. The van der Waals surface area contributed by atoms with Crippen molar-refractivity contribution >= 4 is 33.4 Å². The van der Waals surface area contributed by atoms with Gasteiger partial charge >= 0.3 is 0 Å². The molecular weight excluding hydrogens is 356 g/mol. The Morgan fingerprint density at radius 1 is 1.48 bits per heavy atom. The van der Waals surface area contributed by atoms with Crippen molar-refractivity contribution in [2.24, 2.45) is 0 Å². The summed E-state index contributed by atoms with van der Waals surface area (Å²) in [5.41, 5.74) is 1.09. The van der Waals surface area contributed by atoms with Crippen molar-refractivity contribution in [3.63, 3.8) is 0 Å². The molecule has 4 nitrogen and oxygen atoms in total. The van der Waals surface area contributed by atoms with Gasteiger partial charge in [-0.05, 0) is 36.6 Å². The highest BCUT2D eigenvalue weighted by Gasteiger charge is 2.22. The molecule has 0 saturated carbocycles. The van der Waals surface area contributed by atoms with Crippen molar-refractivity contribution in [2.75, 3.05) is 26.8 Å². The molecule has 0 aliphatic carbocycles. The zero-order valence-corrected chi connectivity index (χ0v) is 14.4. The molecule has 6 heteroatoms. The Labute approximate surface area is 138 Å². The molecule has 1 N–H and O–H groups in total. The van der Waals surface area contributed by atoms with Gasteiger partial charge in [0.25, 0.3) is 0 Å². The second-order valence-electron chi connectivity index (χ2n) is 5.20. The van der Waals surface area contributed by atoms with E-state index in [1.165, 1.54) is 0 Å². The third kappa shape index (κ3) is 4.95. The van der Waals surface area contributed by atoms with E-state index in [4.69, 9.17) is 16.3 Å². The first-order chi connectivity index (χ1) is 10.1. The molecule has 1 amide bonds. The maximum atomic E-state index is 11.7. The molecule has 1 aromatic carbocycles. The third-order valence-electron chi connectivity index (χ3n) is 3.70. The van der Waals surface area contributed by atoms with Crippen LogP contribution in [0.4, 0.5) is 0 Å². The van der Waals surface area contributed by atoms with E-state index in [9.17, 15) is 4.79 Å². The number of rotatable bonds is 5. The van der Waals surface area contributed by atoms with Crippen LogP contribution in [-0.4, -0.2) is 43.7 Å². The number of nitrogens with zero attached hydrogens (tertiary/aromatic N) is 1. The van der Waals surface area contributed by atoms with Crippen LogP contribution >= 0.6 is 27.5 Å². The summed E-state index contributed by atoms with van der Waals surface area (Å²) < 4.78 is 5.92. The van der Waals surface area contributed by atoms with E-state index in [0.29, 0.717) is 6.04 Å². The van der Waals surface area contributed by atoms with Crippen molar-refractivity contribution < 1.29 is 9.53 Å². The summed E-state index contributed by atoms with van der Waals surface area (Å²) in [4.78, 5) is 13.6. The molecule has 0 unspecified atom stereocenters. The summed E-state index contributed by atoms with van der Waals surface area (Å²) in [5, 5.41) is 4.30. The molecule has 0 atom stereocenters. The van der Waals surface area contributed by atoms with Gasteiger partial charge in [-0.3, -0.25) is 4.79 Å². The standard InChI is InChI=1S/C15H20BrClN2O2/c1-21-10-15(20)19-6-4-13(5-7-19)18-9-11-8-12(16)2-3-14(11)17/h2-3,8,13,18H,4-7,9-10H2,1H3. The average molecular weight is 376 g/mol. The van der Waals surface area contributed by atoms with Gasteiger partial charge in [0.1, 0.15) is 6.61 Å². The van der Waals surface area contributed by atoms with E-state index in [1.54, 1.807) is 7.11 Å². The van der Waals surface area contributed by atoms with Crippen LogP contribution in [0.25, 0.3) is 0 Å². The molecular formula is C15H20BrClN2O2. The molecule has 1 heterocycles. The highest BCUT2D eigenvalue weighted by atomic mass is 79.9. The van der Waals surface area contributed by atoms with Crippen LogP contribution < -0.4 is 5.32 Å². The van der Waals surface area contributed by atoms with Gasteiger partial charge in [-0.25, -0.2) is 0 Å². The molecule has 0 aromatic heterocycles. The molecule has 1 fully saturated rings. The number of amides is 1. The number of likely N-dealkylation sites (tertiary alicyclic amines) is 1. The first kappa shape index (κ1) is 16.7. The van der Waals surface area contributed by atoms with Crippen LogP contribution in [0.5, 0.6) is 0 Å². The fourth-order valence-electron chi connectivity index (χ4n) is 2.48. The largest absolute Gasteiger partial charge is 0.375 e. The zero-order valence-electron chi connectivity index (χ0n) is 12.1. The van der Waals surface area contributed by atoms with Crippen molar-refractivity contribution in [1.82, 2.24) is 10.2 Å². The number of carbonyl (C=O) groups is 1. The number of benzene rings is 1. The van der Waals surface area contributed by atoms with E-state index in [2.05, 4.69) is 21.2 Å². The van der Waals surface area contributed by atoms with Crippen molar-refractivity contribution in [3.05, 3.63) is 33.3 Å². The van der Waals surface area contributed by atoms with Crippen LogP contribution in [0.15, 0.2) is 22.7 Å². The molecule has 0 bridgehead atoms. The number of nitrogens with one attached hydrogen (secondary N) is 1. The van der Waals surface area contributed by atoms with E-state index in [0.717, 1.165) is 47.5 Å². The molecule has 1 saturated heterocycles. The maximum absolute atomic E-state index is 11.7. The minimum Gasteiger partial charge on any atom is -0.375 e. The molecule has 0 radical (unpaired) electrons. The lowest BCUT2D eigenvalue weighted by Crippen LogP contribution is -2.45. The molecule has 21 heavy (non-hydrogen) atoms. The summed E-state index contributed by atoms with van der Waals surface area (Å²) in [6, 6.07) is 6.29. The van der Waals surface area contributed by atoms with Gasteiger partial charge in [0.05, 0.1) is 0 Å². The second kappa shape index (κ2) is 8.13. The monoisotopic (exact) mass is 374 g/mol. The normalized spacial score (nSPS) is 16.2. The van der Waals surface area contributed by atoms with Crippen molar-refractivity contribution in [3.8, 4) is 0 Å². The van der Waals surface area contributed by atoms with Gasteiger partial charge < -0.3 is 15.0 Å². The fraction of sp³-hybridized carbons (Fsp3) is 0.533. The van der Waals surface area contributed by atoms with E-state index in [-0.39, 0.29) is 12.5 Å². The minimum atomic E-state index is 0.0750. The fourth-order valence-corrected chi connectivity index (χ4v) is 3.07.